The number of H-pyrrole nitrogens is 1. The van der Waals surface area contributed by atoms with Crippen LogP contribution in [0.3, 0.4) is 0 Å². The van der Waals surface area contributed by atoms with Crippen LogP contribution in [0.5, 0.6) is 0 Å². The van der Waals surface area contributed by atoms with Gasteiger partial charge in [-0.05, 0) is 96.3 Å². The van der Waals surface area contributed by atoms with E-state index in [9.17, 15) is 19.2 Å². The van der Waals surface area contributed by atoms with E-state index in [1.165, 1.54) is 0 Å². The summed E-state index contributed by atoms with van der Waals surface area (Å²) in [5.41, 5.74) is 7.04. The van der Waals surface area contributed by atoms with Crippen molar-refractivity contribution in [2.45, 2.75) is 46.0 Å². The van der Waals surface area contributed by atoms with Crippen molar-refractivity contribution in [1.82, 2.24) is 9.97 Å². The Kier molecular flexibility index (Phi) is 10.4. The molecule has 6 rings (SSSR count). The number of hydrogen-bond acceptors (Lipinski definition) is 6. The van der Waals surface area contributed by atoms with Gasteiger partial charge < -0.3 is 4.98 Å². The van der Waals surface area contributed by atoms with Crippen LogP contribution in [0.4, 0.5) is 5.69 Å². The third-order valence-electron chi connectivity index (χ3n) is 7.64. The van der Waals surface area contributed by atoms with Crippen LogP contribution in [0.25, 0.3) is 11.0 Å². The van der Waals surface area contributed by atoms with E-state index < -0.39 is 0 Å². The van der Waals surface area contributed by atoms with Crippen LogP contribution < -0.4 is 5.56 Å². The van der Waals surface area contributed by atoms with Crippen LogP contribution in [0.15, 0.2) is 94.7 Å². The van der Waals surface area contributed by atoms with E-state index in [-0.39, 0.29) is 29.3 Å². The van der Waals surface area contributed by atoms with Gasteiger partial charge in [0.1, 0.15) is 5.69 Å². The monoisotopic (exact) mass is 651 g/mol. The first kappa shape index (κ1) is 32.7. The number of fused-ring (bicyclic) bond motifs is 2. The number of aliphatic imine (C=N–C) groups is 1. The van der Waals surface area contributed by atoms with Gasteiger partial charge in [0.25, 0.3) is 5.56 Å². The number of benzene rings is 4. The van der Waals surface area contributed by atoms with E-state index in [4.69, 9.17) is 23.2 Å². The fourth-order valence-electron chi connectivity index (χ4n) is 5.10. The first-order valence-electron chi connectivity index (χ1n) is 15.0. The van der Waals surface area contributed by atoms with Crippen LogP contribution in [0.2, 0.25) is 10.0 Å². The van der Waals surface area contributed by atoms with Gasteiger partial charge in [-0.3, -0.25) is 19.2 Å². The van der Waals surface area contributed by atoms with E-state index in [0.717, 1.165) is 27.9 Å². The Morgan fingerprint density at radius 2 is 1.30 bits per heavy atom. The highest BCUT2D eigenvalue weighted by Gasteiger charge is 2.19. The average molecular weight is 653 g/mol. The molecule has 4 aromatic carbocycles. The average Bonchev–Trinajstić information content (AvgIpc) is 3.05. The SMILES string of the molecule is CCC1=Nc2cc(CC(=O)c3ccc(Cl)cc3)ccc2CC1=O.CCc1nc2ccc(CC(=O)c3ccc(Cl)cc3)cc2[nH]c1=O. The lowest BCUT2D eigenvalue weighted by molar-refractivity contribution is -0.112. The lowest BCUT2D eigenvalue weighted by Gasteiger charge is -2.14. The van der Waals surface area contributed by atoms with Crippen LogP contribution in [0, 0.1) is 0 Å². The Labute approximate surface area is 276 Å². The summed E-state index contributed by atoms with van der Waals surface area (Å²) in [6, 6.07) is 24.9. The van der Waals surface area contributed by atoms with Crippen LogP contribution >= 0.6 is 23.2 Å². The number of halogens is 2. The van der Waals surface area contributed by atoms with Crippen molar-refractivity contribution in [2.75, 3.05) is 0 Å². The third-order valence-corrected chi connectivity index (χ3v) is 8.14. The van der Waals surface area contributed by atoms with Gasteiger partial charge in [0.2, 0.25) is 0 Å². The predicted molar refractivity (Wildman–Crippen MR) is 183 cm³/mol. The standard InChI is InChI=1S/C19H16ClNO2.C18H15ClN2O2/c1-2-16-19(23)11-14-4-3-12(9-17(14)21-16)10-18(22)13-5-7-15(20)8-6-13;1-2-14-18(23)21-16-9-11(3-8-15(16)20-14)10-17(22)12-4-6-13(19)7-5-12/h3-9H,2,10-11H2,1H3;3-9H,2,10H2,1H3,(H,21,23). The zero-order valence-corrected chi connectivity index (χ0v) is 26.9. The minimum Gasteiger partial charge on any atom is -0.319 e. The number of hydrogen-bond donors (Lipinski definition) is 1. The molecule has 46 heavy (non-hydrogen) atoms. The Balaban J connectivity index is 0.000000181. The second-order valence-corrected chi connectivity index (χ2v) is 11.8. The second-order valence-electron chi connectivity index (χ2n) is 10.9. The van der Waals surface area contributed by atoms with Crippen LogP contribution in [0.1, 0.15) is 63.4 Å². The first-order valence-corrected chi connectivity index (χ1v) is 15.7. The predicted octanol–water partition coefficient (Wildman–Crippen LogP) is 7.94. The largest absolute Gasteiger partial charge is 0.319 e. The molecule has 1 N–H and O–H groups in total. The van der Waals surface area contributed by atoms with Crippen molar-refractivity contribution < 1.29 is 14.4 Å². The highest BCUT2D eigenvalue weighted by atomic mass is 35.5. The smallest absolute Gasteiger partial charge is 0.270 e. The van der Waals surface area contributed by atoms with Gasteiger partial charge >= 0.3 is 0 Å². The number of rotatable bonds is 8. The fourth-order valence-corrected chi connectivity index (χ4v) is 5.35. The van der Waals surface area contributed by atoms with Crippen molar-refractivity contribution in [3.63, 3.8) is 0 Å². The van der Waals surface area contributed by atoms with Crippen LogP contribution in [-0.2, 0) is 30.5 Å². The molecule has 0 radical (unpaired) electrons. The lowest BCUT2D eigenvalue weighted by Crippen LogP contribution is -2.19. The van der Waals surface area contributed by atoms with Gasteiger partial charge in [0, 0.05) is 40.4 Å². The summed E-state index contributed by atoms with van der Waals surface area (Å²) < 4.78 is 0. The Morgan fingerprint density at radius 3 is 1.87 bits per heavy atom. The molecule has 0 amide bonds. The van der Waals surface area contributed by atoms with E-state index in [2.05, 4.69) is 15.0 Å². The van der Waals surface area contributed by atoms with Crippen molar-refractivity contribution in [1.29, 1.82) is 0 Å². The molecule has 1 aliphatic rings. The molecule has 5 aromatic rings. The van der Waals surface area contributed by atoms with E-state index in [1.807, 2.05) is 44.2 Å². The number of aryl methyl sites for hydroxylation is 1. The molecule has 232 valence electrons. The summed E-state index contributed by atoms with van der Waals surface area (Å²) in [7, 11) is 0. The number of nitrogens with zero attached hydrogens (tertiary/aromatic N) is 2. The Hall–Kier alpha value is -4.72. The molecule has 7 nitrogen and oxygen atoms in total. The maximum absolute atomic E-state index is 12.3. The summed E-state index contributed by atoms with van der Waals surface area (Å²) in [4.78, 5) is 59.9. The molecule has 0 unspecified atom stereocenters. The molecule has 0 aliphatic carbocycles. The third kappa shape index (κ3) is 7.91. The summed E-state index contributed by atoms with van der Waals surface area (Å²) in [6.07, 6.45) is 2.18. The highest BCUT2D eigenvalue weighted by Crippen LogP contribution is 2.27. The molecule has 2 heterocycles. The number of carbonyl (C=O) groups excluding carboxylic acids is 3. The molecule has 0 saturated carbocycles. The van der Waals surface area contributed by atoms with Gasteiger partial charge in [0.15, 0.2) is 17.3 Å². The first-order chi connectivity index (χ1) is 22.1. The van der Waals surface area contributed by atoms with Crippen LogP contribution in [-0.4, -0.2) is 33.0 Å². The normalized spacial score (nSPS) is 12.2. The summed E-state index contributed by atoms with van der Waals surface area (Å²) >= 11 is 11.7. The zero-order valence-electron chi connectivity index (χ0n) is 25.4. The molecular formula is C37H31Cl2N3O4. The number of Topliss-reactive ketones (excluding diaryl/α,β-unsaturated/α-hetero) is 3. The number of aromatic nitrogens is 2. The molecular weight excluding hydrogens is 621 g/mol. The van der Waals surface area contributed by atoms with Crippen molar-refractivity contribution in [3.8, 4) is 0 Å². The summed E-state index contributed by atoms with van der Waals surface area (Å²) in [6.45, 7) is 3.82. The van der Waals surface area contributed by atoms with Gasteiger partial charge in [-0.15, -0.1) is 0 Å². The van der Waals surface area contributed by atoms with Gasteiger partial charge in [-0.2, -0.15) is 0 Å². The Morgan fingerprint density at radius 1 is 0.739 bits per heavy atom. The number of aromatic amines is 1. The molecule has 0 atom stereocenters. The number of ketones is 3. The molecule has 0 spiro atoms. The maximum atomic E-state index is 12.3. The molecule has 1 aromatic heterocycles. The number of nitrogens with one attached hydrogen (secondary N) is 1. The topological polar surface area (TPSA) is 109 Å². The summed E-state index contributed by atoms with van der Waals surface area (Å²) in [5.74, 6) is 0.125. The molecule has 9 heteroatoms. The van der Waals surface area contributed by atoms with E-state index >= 15 is 0 Å². The summed E-state index contributed by atoms with van der Waals surface area (Å²) in [5, 5.41) is 1.21. The minimum absolute atomic E-state index is 0.00139. The van der Waals surface area contributed by atoms with Gasteiger partial charge in [-0.1, -0.05) is 55.2 Å². The van der Waals surface area contributed by atoms with Crippen molar-refractivity contribution in [2.24, 2.45) is 4.99 Å². The maximum Gasteiger partial charge on any atom is 0.270 e. The highest BCUT2D eigenvalue weighted by molar-refractivity contribution is 6.41. The molecule has 0 saturated heterocycles. The Bertz CT molecular complexity index is 2030. The van der Waals surface area contributed by atoms with Gasteiger partial charge in [-0.25, -0.2) is 9.98 Å². The quantitative estimate of drug-likeness (QED) is 0.171. The molecule has 0 bridgehead atoms. The molecule has 0 fully saturated rings. The van der Waals surface area contributed by atoms with Gasteiger partial charge in [0.05, 0.1) is 22.4 Å². The van der Waals surface area contributed by atoms with Crippen molar-refractivity contribution >= 4 is 63.0 Å². The minimum atomic E-state index is -0.179. The fraction of sp³-hybridized carbons (Fsp3) is 0.189. The van der Waals surface area contributed by atoms with E-state index in [1.54, 1.807) is 54.6 Å². The second kappa shape index (κ2) is 14.6. The van der Waals surface area contributed by atoms with Crippen molar-refractivity contribution in [3.05, 3.63) is 139 Å². The lowest BCUT2D eigenvalue weighted by atomic mass is 9.95. The zero-order chi connectivity index (χ0) is 32.8. The number of carbonyl (C=O) groups is 3. The van der Waals surface area contributed by atoms with E-state index in [0.29, 0.717) is 63.8 Å². The molecule has 1 aliphatic heterocycles.